The van der Waals surface area contributed by atoms with E-state index in [9.17, 15) is 10.2 Å². The van der Waals surface area contributed by atoms with Crippen LogP contribution in [0.2, 0.25) is 0 Å². The summed E-state index contributed by atoms with van der Waals surface area (Å²) in [5.74, 6) is 0.258. The highest BCUT2D eigenvalue weighted by Crippen LogP contribution is 2.29. The molecule has 0 aliphatic carbocycles. The molecule has 0 radical (unpaired) electrons. The Morgan fingerprint density at radius 2 is 2.00 bits per heavy atom. The number of hydrogen-bond donors (Lipinski definition) is 3. The molecule has 0 aliphatic heterocycles. The van der Waals surface area contributed by atoms with Gasteiger partial charge in [-0.05, 0) is 48.3 Å². The van der Waals surface area contributed by atoms with Crippen molar-refractivity contribution in [2.24, 2.45) is 0 Å². The summed E-state index contributed by atoms with van der Waals surface area (Å²) in [6, 6.07) is 3.80. The number of halogens is 1. The summed E-state index contributed by atoms with van der Waals surface area (Å²) < 4.78 is 0.701. The van der Waals surface area contributed by atoms with Crippen molar-refractivity contribution >= 4 is 15.9 Å². The van der Waals surface area contributed by atoms with Crippen LogP contribution in [0.4, 0.5) is 0 Å². The third kappa shape index (κ3) is 4.12. The van der Waals surface area contributed by atoms with Gasteiger partial charge in [0.1, 0.15) is 5.75 Å². The van der Waals surface area contributed by atoms with Gasteiger partial charge in [-0.15, -0.1) is 0 Å². The van der Waals surface area contributed by atoms with Gasteiger partial charge in [0.25, 0.3) is 0 Å². The molecule has 0 bridgehead atoms. The van der Waals surface area contributed by atoms with Crippen LogP contribution in [0.3, 0.4) is 0 Å². The number of benzene rings is 1. The average molecular weight is 288 g/mol. The molecule has 0 atom stereocenters. The summed E-state index contributed by atoms with van der Waals surface area (Å²) in [4.78, 5) is 0. The molecule has 1 aromatic carbocycles. The lowest BCUT2D eigenvalue weighted by Crippen LogP contribution is -2.34. The molecule has 0 heterocycles. The predicted molar refractivity (Wildman–Crippen MR) is 68.5 cm³/mol. The molecule has 0 amide bonds. The van der Waals surface area contributed by atoms with Gasteiger partial charge in [0.15, 0.2) is 0 Å². The fourth-order valence-electron chi connectivity index (χ4n) is 1.44. The van der Waals surface area contributed by atoms with Crippen LogP contribution in [0.5, 0.6) is 5.75 Å². The Kier molecular flexibility index (Phi) is 4.35. The van der Waals surface area contributed by atoms with E-state index in [0.29, 0.717) is 17.6 Å². The first-order chi connectivity index (χ1) is 7.29. The zero-order valence-electron chi connectivity index (χ0n) is 9.84. The van der Waals surface area contributed by atoms with Gasteiger partial charge in [-0.25, -0.2) is 0 Å². The Hall–Kier alpha value is -0.580. The van der Waals surface area contributed by atoms with E-state index in [1.807, 2.05) is 19.1 Å². The van der Waals surface area contributed by atoms with Crippen molar-refractivity contribution in [1.82, 2.24) is 5.32 Å². The minimum absolute atomic E-state index is 0.258. The van der Waals surface area contributed by atoms with Gasteiger partial charge in [0.05, 0.1) is 10.1 Å². The predicted octanol–water partition coefficient (Wildman–Crippen LogP) is 2.32. The fraction of sp³-hybridized carbons (Fsp3) is 0.500. The van der Waals surface area contributed by atoms with Crippen LogP contribution in [0.1, 0.15) is 25.0 Å². The van der Waals surface area contributed by atoms with Crippen LogP contribution in [0.15, 0.2) is 16.6 Å². The van der Waals surface area contributed by atoms with E-state index in [1.54, 1.807) is 13.8 Å². The maximum atomic E-state index is 9.80. The number of hydrogen-bond acceptors (Lipinski definition) is 3. The van der Waals surface area contributed by atoms with Crippen molar-refractivity contribution in [3.8, 4) is 5.75 Å². The normalized spacial score (nSPS) is 11.8. The molecule has 0 saturated carbocycles. The van der Waals surface area contributed by atoms with E-state index >= 15 is 0 Å². The van der Waals surface area contributed by atoms with Crippen molar-refractivity contribution < 1.29 is 10.2 Å². The smallest absolute Gasteiger partial charge is 0.134 e. The standard InChI is InChI=1S/C12H18BrNO2/c1-8-4-9(11(15)10(13)5-8)6-14-7-12(2,3)16/h4-5,14-16H,6-7H2,1-3H3. The Morgan fingerprint density at radius 1 is 1.38 bits per heavy atom. The summed E-state index contributed by atoms with van der Waals surface area (Å²) in [7, 11) is 0. The third-order valence-corrected chi connectivity index (χ3v) is 2.76. The maximum absolute atomic E-state index is 9.80. The molecule has 1 rings (SSSR count). The Morgan fingerprint density at radius 3 is 2.56 bits per heavy atom. The number of rotatable bonds is 4. The number of nitrogens with one attached hydrogen (secondary N) is 1. The van der Waals surface area contributed by atoms with Crippen LogP contribution in [0.25, 0.3) is 0 Å². The molecule has 4 heteroatoms. The molecule has 3 nitrogen and oxygen atoms in total. The summed E-state index contributed by atoms with van der Waals surface area (Å²) in [6.07, 6.45) is 0. The first-order valence-electron chi connectivity index (χ1n) is 5.21. The first kappa shape index (κ1) is 13.5. The van der Waals surface area contributed by atoms with Gasteiger partial charge in [0.2, 0.25) is 0 Å². The molecular formula is C12H18BrNO2. The number of aryl methyl sites for hydroxylation is 1. The monoisotopic (exact) mass is 287 g/mol. The number of aromatic hydroxyl groups is 1. The highest BCUT2D eigenvalue weighted by molar-refractivity contribution is 9.10. The first-order valence-corrected chi connectivity index (χ1v) is 6.00. The second-order valence-electron chi connectivity index (χ2n) is 4.67. The van der Waals surface area contributed by atoms with Crippen molar-refractivity contribution in [2.75, 3.05) is 6.54 Å². The topological polar surface area (TPSA) is 52.5 Å². The van der Waals surface area contributed by atoms with E-state index in [0.717, 1.165) is 11.1 Å². The minimum atomic E-state index is -0.739. The SMILES string of the molecule is Cc1cc(Br)c(O)c(CNCC(C)(C)O)c1. The lowest BCUT2D eigenvalue weighted by Gasteiger charge is -2.18. The maximum Gasteiger partial charge on any atom is 0.134 e. The highest BCUT2D eigenvalue weighted by Gasteiger charge is 2.12. The molecule has 0 aliphatic rings. The lowest BCUT2D eigenvalue weighted by molar-refractivity contribution is 0.0794. The minimum Gasteiger partial charge on any atom is -0.506 e. The summed E-state index contributed by atoms with van der Waals surface area (Å²) in [5, 5.41) is 22.4. The van der Waals surface area contributed by atoms with Crippen LogP contribution in [-0.2, 0) is 6.54 Å². The highest BCUT2D eigenvalue weighted by atomic mass is 79.9. The lowest BCUT2D eigenvalue weighted by atomic mass is 10.1. The van der Waals surface area contributed by atoms with Crippen molar-refractivity contribution in [3.63, 3.8) is 0 Å². The molecule has 0 aromatic heterocycles. The van der Waals surface area contributed by atoms with Gasteiger partial charge in [0, 0.05) is 18.7 Å². The Labute approximate surface area is 105 Å². The van der Waals surface area contributed by atoms with Gasteiger partial charge in [-0.3, -0.25) is 0 Å². The van der Waals surface area contributed by atoms with Gasteiger partial charge >= 0.3 is 0 Å². The van der Waals surface area contributed by atoms with E-state index in [1.165, 1.54) is 0 Å². The van der Waals surface area contributed by atoms with E-state index in [2.05, 4.69) is 21.2 Å². The summed E-state index contributed by atoms with van der Waals surface area (Å²) >= 11 is 3.30. The van der Waals surface area contributed by atoms with E-state index in [-0.39, 0.29) is 5.75 Å². The second kappa shape index (κ2) is 5.17. The van der Waals surface area contributed by atoms with Crippen molar-refractivity contribution in [3.05, 3.63) is 27.7 Å². The molecule has 3 N–H and O–H groups in total. The molecular weight excluding hydrogens is 270 g/mol. The number of phenolic OH excluding ortho intramolecular Hbond substituents is 1. The van der Waals surface area contributed by atoms with Gasteiger partial charge in [-0.1, -0.05) is 6.07 Å². The third-order valence-electron chi connectivity index (χ3n) is 2.16. The van der Waals surface area contributed by atoms with Crippen LogP contribution in [0, 0.1) is 6.92 Å². The molecule has 0 spiro atoms. The van der Waals surface area contributed by atoms with Crippen LogP contribution < -0.4 is 5.32 Å². The Bertz CT molecular complexity index is 372. The Balaban J connectivity index is 2.67. The summed E-state index contributed by atoms with van der Waals surface area (Å²) in [5.41, 5.74) is 1.18. The molecule has 16 heavy (non-hydrogen) atoms. The zero-order chi connectivity index (χ0) is 12.3. The van der Waals surface area contributed by atoms with E-state index < -0.39 is 5.60 Å². The fourth-order valence-corrected chi connectivity index (χ4v) is 2.06. The largest absolute Gasteiger partial charge is 0.506 e. The molecule has 0 fully saturated rings. The second-order valence-corrected chi connectivity index (χ2v) is 5.52. The molecule has 90 valence electrons. The van der Waals surface area contributed by atoms with Crippen LogP contribution >= 0.6 is 15.9 Å². The van der Waals surface area contributed by atoms with E-state index in [4.69, 9.17) is 0 Å². The van der Waals surface area contributed by atoms with Gasteiger partial charge < -0.3 is 15.5 Å². The molecule has 0 unspecified atom stereocenters. The molecule has 1 aromatic rings. The summed E-state index contributed by atoms with van der Waals surface area (Å²) in [6.45, 7) is 6.48. The zero-order valence-corrected chi connectivity index (χ0v) is 11.4. The van der Waals surface area contributed by atoms with Crippen LogP contribution in [-0.4, -0.2) is 22.4 Å². The average Bonchev–Trinajstić information content (AvgIpc) is 2.11. The number of aliphatic hydroxyl groups is 1. The number of phenols is 1. The quantitative estimate of drug-likeness (QED) is 0.797. The van der Waals surface area contributed by atoms with Crippen molar-refractivity contribution in [2.45, 2.75) is 32.9 Å². The van der Waals surface area contributed by atoms with Crippen molar-refractivity contribution in [1.29, 1.82) is 0 Å². The molecule has 0 saturated heterocycles. The van der Waals surface area contributed by atoms with Gasteiger partial charge in [-0.2, -0.15) is 0 Å².